The van der Waals surface area contributed by atoms with Crippen LogP contribution < -0.4 is 0 Å². The van der Waals surface area contributed by atoms with Gasteiger partial charge in [-0.1, -0.05) is 20.8 Å². The number of carbonyl (C=O) groups excluding carboxylic acids is 2. The molecule has 0 bridgehead atoms. The molecular weight excluding hydrogens is 336 g/mol. The van der Waals surface area contributed by atoms with Gasteiger partial charge in [-0.25, -0.2) is 0 Å². The van der Waals surface area contributed by atoms with E-state index in [1.54, 1.807) is 13.8 Å². The molecule has 3 aliphatic rings. The normalized spacial score (nSPS) is 43.5. The topological polar surface area (TPSA) is 109 Å². The molecular formula is C20H28O6. The lowest BCUT2D eigenvalue weighted by molar-refractivity contribution is -0.165. The van der Waals surface area contributed by atoms with Gasteiger partial charge in [-0.3, -0.25) is 19.2 Å². The van der Waals surface area contributed by atoms with E-state index in [4.69, 9.17) is 0 Å². The van der Waals surface area contributed by atoms with Crippen molar-refractivity contribution in [3.8, 4) is 0 Å². The number of fused-ring (bicyclic) bond motifs is 3. The van der Waals surface area contributed by atoms with Gasteiger partial charge in [0, 0.05) is 24.2 Å². The van der Waals surface area contributed by atoms with Crippen LogP contribution in [-0.4, -0.2) is 33.7 Å². The predicted molar refractivity (Wildman–Crippen MR) is 92.3 cm³/mol. The van der Waals surface area contributed by atoms with Gasteiger partial charge in [-0.15, -0.1) is 0 Å². The largest absolute Gasteiger partial charge is 0.481 e. The average Bonchev–Trinajstić information content (AvgIpc) is 2.87. The molecule has 0 amide bonds. The molecule has 3 saturated carbocycles. The Kier molecular flexibility index (Phi) is 4.52. The van der Waals surface area contributed by atoms with Crippen molar-refractivity contribution in [2.24, 2.45) is 40.4 Å². The third kappa shape index (κ3) is 2.60. The van der Waals surface area contributed by atoms with E-state index >= 15 is 0 Å². The molecule has 3 fully saturated rings. The van der Waals surface area contributed by atoms with Crippen molar-refractivity contribution >= 4 is 23.5 Å². The Morgan fingerprint density at radius 1 is 1.15 bits per heavy atom. The number of carbonyl (C=O) groups is 4. The van der Waals surface area contributed by atoms with Crippen LogP contribution in [0.25, 0.3) is 0 Å². The van der Waals surface area contributed by atoms with E-state index in [0.717, 1.165) is 6.42 Å². The first kappa shape index (κ1) is 19.1. The van der Waals surface area contributed by atoms with Crippen LogP contribution in [0, 0.1) is 40.4 Å². The summed E-state index contributed by atoms with van der Waals surface area (Å²) in [7, 11) is 0. The highest BCUT2D eigenvalue weighted by atomic mass is 16.4. The Morgan fingerprint density at radius 3 is 2.38 bits per heavy atom. The summed E-state index contributed by atoms with van der Waals surface area (Å²) in [6.07, 6.45) is 2.64. The van der Waals surface area contributed by atoms with Gasteiger partial charge in [-0.2, -0.15) is 0 Å². The molecule has 0 aromatic carbocycles. The molecule has 144 valence electrons. The number of hydrogen-bond donors (Lipinski definition) is 2. The average molecular weight is 364 g/mol. The van der Waals surface area contributed by atoms with Gasteiger partial charge in [0.25, 0.3) is 0 Å². The molecule has 6 heteroatoms. The zero-order valence-corrected chi connectivity index (χ0v) is 15.7. The molecule has 6 nitrogen and oxygen atoms in total. The maximum absolute atomic E-state index is 13.2. The van der Waals surface area contributed by atoms with Crippen molar-refractivity contribution in [1.82, 2.24) is 0 Å². The summed E-state index contributed by atoms with van der Waals surface area (Å²) < 4.78 is 0. The highest BCUT2D eigenvalue weighted by Gasteiger charge is 2.64. The molecule has 0 aliphatic heterocycles. The Morgan fingerprint density at radius 2 is 1.81 bits per heavy atom. The lowest BCUT2D eigenvalue weighted by Crippen LogP contribution is -2.57. The van der Waals surface area contributed by atoms with E-state index in [1.807, 2.05) is 6.92 Å². The quantitative estimate of drug-likeness (QED) is 0.794. The minimum atomic E-state index is -0.958. The van der Waals surface area contributed by atoms with Gasteiger partial charge >= 0.3 is 11.9 Å². The summed E-state index contributed by atoms with van der Waals surface area (Å²) in [4.78, 5) is 49.0. The third-order valence-electron chi connectivity index (χ3n) is 7.73. The fraction of sp³-hybridized carbons (Fsp3) is 0.800. The molecule has 0 aromatic heterocycles. The minimum absolute atomic E-state index is 0.0171. The minimum Gasteiger partial charge on any atom is -0.481 e. The summed E-state index contributed by atoms with van der Waals surface area (Å²) in [6, 6.07) is 0. The summed E-state index contributed by atoms with van der Waals surface area (Å²) >= 11 is 0. The zero-order valence-electron chi connectivity index (χ0n) is 15.7. The Balaban J connectivity index is 1.97. The second-order valence-corrected chi connectivity index (χ2v) is 9.19. The van der Waals surface area contributed by atoms with Crippen molar-refractivity contribution in [2.45, 2.75) is 59.3 Å². The van der Waals surface area contributed by atoms with Crippen molar-refractivity contribution in [3.63, 3.8) is 0 Å². The number of aliphatic carboxylic acids is 2. The van der Waals surface area contributed by atoms with Gasteiger partial charge in [0.1, 0.15) is 11.6 Å². The van der Waals surface area contributed by atoms with Crippen LogP contribution in [-0.2, 0) is 19.2 Å². The Labute approximate surface area is 153 Å². The molecule has 3 rings (SSSR count). The molecule has 3 aliphatic carbocycles. The summed E-state index contributed by atoms with van der Waals surface area (Å²) in [5.41, 5.74) is -1.51. The van der Waals surface area contributed by atoms with E-state index in [2.05, 4.69) is 0 Å². The van der Waals surface area contributed by atoms with E-state index in [-0.39, 0.29) is 36.2 Å². The van der Waals surface area contributed by atoms with Gasteiger partial charge in [0.2, 0.25) is 0 Å². The van der Waals surface area contributed by atoms with Crippen molar-refractivity contribution in [3.05, 3.63) is 0 Å². The molecule has 7 atom stereocenters. The van der Waals surface area contributed by atoms with Crippen LogP contribution in [0.15, 0.2) is 0 Å². The molecule has 0 spiro atoms. The standard InChI is InChI=1S/C20H28O6/c1-10(17(23)24)8-20(3)15(22)7-4-11-12-5-6-13(18(25)26)19(12,2)9-14(21)16(11)20/h10-13,16H,4-9H2,1-3H3,(H,23,24)(H,25,26)/t10-,11?,12?,13?,16?,19-,20-/m0/s1. The molecule has 0 aromatic rings. The van der Waals surface area contributed by atoms with Gasteiger partial charge in [0.05, 0.1) is 11.8 Å². The number of carboxylic acid groups (broad SMARTS) is 2. The smallest absolute Gasteiger partial charge is 0.307 e. The second-order valence-electron chi connectivity index (χ2n) is 9.19. The van der Waals surface area contributed by atoms with Gasteiger partial charge in [0.15, 0.2) is 0 Å². The zero-order chi connectivity index (χ0) is 19.4. The second kappa shape index (κ2) is 6.17. The number of rotatable bonds is 4. The van der Waals surface area contributed by atoms with E-state index < -0.39 is 40.5 Å². The number of Topliss-reactive ketones (excluding diaryl/α,β-unsaturated/α-hetero) is 2. The van der Waals surface area contributed by atoms with Crippen LogP contribution >= 0.6 is 0 Å². The summed E-state index contributed by atoms with van der Waals surface area (Å²) in [6.45, 7) is 5.26. The van der Waals surface area contributed by atoms with Crippen LogP contribution in [0.2, 0.25) is 0 Å². The number of ketones is 2. The third-order valence-corrected chi connectivity index (χ3v) is 7.73. The number of carboxylic acids is 2. The lowest BCUT2D eigenvalue weighted by atomic mass is 9.47. The molecule has 0 saturated heterocycles. The first-order chi connectivity index (χ1) is 12.0. The fourth-order valence-electron chi connectivity index (χ4n) is 6.50. The SMILES string of the molecule is C[C@@H](C[C@@]1(C)C(=O)CCC2C3CCC(C(=O)O)[C@@]3(C)CC(=O)C21)C(=O)O. The van der Waals surface area contributed by atoms with E-state index in [0.29, 0.717) is 19.3 Å². The molecule has 4 unspecified atom stereocenters. The highest BCUT2D eigenvalue weighted by Crippen LogP contribution is 2.63. The van der Waals surface area contributed by atoms with Crippen molar-refractivity contribution in [2.75, 3.05) is 0 Å². The maximum atomic E-state index is 13.2. The summed E-state index contributed by atoms with van der Waals surface area (Å²) in [5, 5.41) is 18.9. The highest BCUT2D eigenvalue weighted by molar-refractivity contribution is 5.95. The van der Waals surface area contributed by atoms with E-state index in [1.165, 1.54) is 0 Å². The van der Waals surface area contributed by atoms with Crippen LogP contribution in [0.4, 0.5) is 0 Å². The van der Waals surface area contributed by atoms with Gasteiger partial charge in [-0.05, 0) is 42.9 Å². The fourth-order valence-corrected chi connectivity index (χ4v) is 6.50. The van der Waals surface area contributed by atoms with Crippen LogP contribution in [0.3, 0.4) is 0 Å². The molecule has 0 heterocycles. The predicted octanol–water partition coefficient (Wildman–Crippen LogP) is 2.79. The van der Waals surface area contributed by atoms with Crippen LogP contribution in [0.1, 0.15) is 59.3 Å². The first-order valence-corrected chi connectivity index (χ1v) is 9.54. The lowest BCUT2D eigenvalue weighted by Gasteiger charge is -2.54. The van der Waals surface area contributed by atoms with E-state index in [9.17, 15) is 29.4 Å². The number of hydrogen-bond acceptors (Lipinski definition) is 4. The monoisotopic (exact) mass is 364 g/mol. The van der Waals surface area contributed by atoms with Crippen molar-refractivity contribution < 1.29 is 29.4 Å². The molecule has 26 heavy (non-hydrogen) atoms. The molecule has 0 radical (unpaired) electrons. The summed E-state index contributed by atoms with van der Waals surface area (Å²) in [5.74, 6) is -3.45. The maximum Gasteiger partial charge on any atom is 0.307 e. The Hall–Kier alpha value is -1.72. The Bertz CT molecular complexity index is 669. The molecule has 2 N–H and O–H groups in total. The van der Waals surface area contributed by atoms with Gasteiger partial charge < -0.3 is 10.2 Å². The van der Waals surface area contributed by atoms with Crippen molar-refractivity contribution in [1.29, 1.82) is 0 Å². The first-order valence-electron chi connectivity index (χ1n) is 9.54. The van der Waals surface area contributed by atoms with Crippen LogP contribution in [0.5, 0.6) is 0 Å².